The third-order valence-corrected chi connectivity index (χ3v) is 2.69. The van der Waals surface area contributed by atoms with Crippen LogP contribution in [0.1, 0.15) is 38.8 Å². The van der Waals surface area contributed by atoms with Crippen LogP contribution in [0, 0.1) is 0 Å². The maximum absolute atomic E-state index is 10.5. The fraction of sp³-hybridized carbons (Fsp3) is 0.500. The van der Waals surface area contributed by atoms with Crippen LogP contribution in [-0.4, -0.2) is 0 Å². The molecule has 0 atom stereocenters. The van der Waals surface area contributed by atoms with E-state index in [-0.39, 0.29) is 59.1 Å². The smallest absolute Gasteiger partial charge is 0.723 e. The van der Waals surface area contributed by atoms with E-state index in [4.69, 9.17) is 0 Å². The minimum atomic E-state index is -0.874. The minimum Gasteiger partial charge on any atom is -0.723 e. The molecule has 1 aromatic carbocycles. The molecule has 0 bridgehead atoms. The maximum Gasteiger partial charge on any atom is 1.00 e. The van der Waals surface area contributed by atoms with Gasteiger partial charge >= 0.3 is 59.1 Å². The Morgan fingerprint density at radius 2 is 0.944 bits per heavy atom. The van der Waals surface area contributed by atoms with E-state index in [0.717, 1.165) is 11.1 Å². The Balaban J connectivity index is 0. The van der Waals surface area contributed by atoms with Gasteiger partial charge in [0.2, 0.25) is 0 Å². The molecule has 0 aliphatic heterocycles. The quantitative estimate of drug-likeness (QED) is 0.311. The summed E-state index contributed by atoms with van der Waals surface area (Å²) in [5.41, 5.74) is -0.233. The SMILES string of the molecule is CC(C)(O[O-])c1ccc(C(C)(C)O[O-])cc1.[Na+].[Na+]. The van der Waals surface area contributed by atoms with Crippen LogP contribution in [0.4, 0.5) is 0 Å². The van der Waals surface area contributed by atoms with E-state index in [1.54, 1.807) is 52.0 Å². The monoisotopic (exact) mass is 270 g/mol. The van der Waals surface area contributed by atoms with Gasteiger partial charge in [-0.1, -0.05) is 24.3 Å². The molecule has 0 fully saturated rings. The Morgan fingerprint density at radius 1 is 0.722 bits per heavy atom. The minimum absolute atomic E-state index is 0. The summed E-state index contributed by atoms with van der Waals surface area (Å²) in [5.74, 6) is 0. The van der Waals surface area contributed by atoms with Gasteiger partial charge in [0.05, 0.1) is 11.2 Å². The number of hydrogen-bond donors (Lipinski definition) is 0. The van der Waals surface area contributed by atoms with Gasteiger partial charge in [0.1, 0.15) is 0 Å². The molecular formula is C12H16Na2O4. The first kappa shape index (κ1) is 21.4. The molecule has 1 rings (SSSR count). The molecule has 0 heterocycles. The second kappa shape index (κ2) is 8.37. The van der Waals surface area contributed by atoms with Crippen LogP contribution in [0.2, 0.25) is 0 Å². The van der Waals surface area contributed by atoms with Crippen molar-refractivity contribution in [2.24, 2.45) is 0 Å². The molecular weight excluding hydrogens is 254 g/mol. The standard InChI is InChI=1S/C12H18O4.2Na/c1-11(2,15-13)9-5-7-10(8-6-9)12(3,4)16-14;;/h5-8,13-14H,1-4H3;;/q;2*+1/p-2. The van der Waals surface area contributed by atoms with E-state index in [1.807, 2.05) is 0 Å². The Kier molecular flexibility index (Phi) is 9.93. The van der Waals surface area contributed by atoms with E-state index in [9.17, 15) is 10.5 Å². The third-order valence-electron chi connectivity index (χ3n) is 2.69. The fourth-order valence-corrected chi connectivity index (χ4v) is 1.37. The van der Waals surface area contributed by atoms with E-state index in [2.05, 4.69) is 9.78 Å². The van der Waals surface area contributed by atoms with E-state index < -0.39 is 11.2 Å². The topological polar surface area (TPSA) is 64.6 Å². The molecule has 0 spiro atoms. The third kappa shape index (κ3) is 5.21. The number of hydrogen-bond acceptors (Lipinski definition) is 4. The first-order valence-corrected chi connectivity index (χ1v) is 5.06. The van der Waals surface area contributed by atoms with Crippen LogP contribution in [0.15, 0.2) is 24.3 Å². The van der Waals surface area contributed by atoms with Crippen molar-refractivity contribution >= 4 is 0 Å². The van der Waals surface area contributed by atoms with Crippen molar-refractivity contribution in [2.45, 2.75) is 38.9 Å². The van der Waals surface area contributed by atoms with Gasteiger partial charge in [-0.15, -0.1) is 0 Å². The molecule has 6 heteroatoms. The molecule has 0 radical (unpaired) electrons. The predicted molar refractivity (Wildman–Crippen MR) is 54.7 cm³/mol. The summed E-state index contributed by atoms with van der Waals surface area (Å²) in [6.45, 7) is 6.74. The van der Waals surface area contributed by atoms with Crippen molar-refractivity contribution in [1.29, 1.82) is 0 Å². The number of rotatable bonds is 4. The van der Waals surface area contributed by atoms with Crippen molar-refractivity contribution in [3.63, 3.8) is 0 Å². The van der Waals surface area contributed by atoms with Crippen molar-refractivity contribution in [2.75, 3.05) is 0 Å². The molecule has 0 aromatic heterocycles. The molecule has 4 nitrogen and oxygen atoms in total. The van der Waals surface area contributed by atoms with E-state index in [1.165, 1.54) is 0 Å². The molecule has 0 amide bonds. The van der Waals surface area contributed by atoms with Crippen LogP contribution in [0.5, 0.6) is 0 Å². The van der Waals surface area contributed by atoms with Crippen LogP contribution < -0.4 is 69.6 Å². The van der Waals surface area contributed by atoms with Crippen molar-refractivity contribution < 1.29 is 79.4 Å². The molecule has 0 aliphatic rings. The number of benzene rings is 1. The Bertz CT molecular complexity index is 315. The van der Waals surface area contributed by atoms with E-state index >= 15 is 0 Å². The largest absolute Gasteiger partial charge is 1.00 e. The summed E-state index contributed by atoms with van der Waals surface area (Å²) in [5, 5.41) is 21.0. The van der Waals surface area contributed by atoms with Crippen LogP contribution >= 0.6 is 0 Å². The van der Waals surface area contributed by atoms with Crippen LogP contribution in [0.25, 0.3) is 0 Å². The van der Waals surface area contributed by atoms with Gasteiger partial charge in [-0.05, 0) is 38.8 Å². The zero-order chi connectivity index (χ0) is 12.4. The van der Waals surface area contributed by atoms with Gasteiger partial charge in [-0.3, -0.25) is 0 Å². The molecule has 90 valence electrons. The van der Waals surface area contributed by atoms with Crippen molar-refractivity contribution in [1.82, 2.24) is 0 Å². The van der Waals surface area contributed by atoms with E-state index in [0.29, 0.717) is 0 Å². The van der Waals surface area contributed by atoms with Gasteiger partial charge in [0, 0.05) is 0 Å². The molecule has 1 aromatic rings. The van der Waals surface area contributed by atoms with Crippen molar-refractivity contribution in [3.8, 4) is 0 Å². The van der Waals surface area contributed by atoms with Crippen LogP contribution in [-0.2, 0) is 21.0 Å². The Morgan fingerprint density at radius 3 is 1.11 bits per heavy atom. The van der Waals surface area contributed by atoms with Crippen LogP contribution in [0.3, 0.4) is 0 Å². The van der Waals surface area contributed by atoms with Gasteiger partial charge in [0.25, 0.3) is 0 Å². The summed E-state index contributed by atoms with van der Waals surface area (Å²) in [4.78, 5) is 8.27. The average Bonchev–Trinajstić information content (AvgIpc) is 2.29. The predicted octanol–water partition coefficient (Wildman–Crippen LogP) is -5.25. The Hall–Kier alpha value is 1.06. The summed E-state index contributed by atoms with van der Waals surface area (Å²) < 4.78 is 0. The van der Waals surface area contributed by atoms with Gasteiger partial charge in [0.15, 0.2) is 0 Å². The van der Waals surface area contributed by atoms with Gasteiger partial charge < -0.3 is 20.3 Å². The van der Waals surface area contributed by atoms with Gasteiger partial charge in [-0.2, -0.15) is 0 Å². The normalized spacial score (nSPS) is 11.4. The molecule has 0 unspecified atom stereocenters. The molecule has 18 heavy (non-hydrogen) atoms. The zero-order valence-corrected chi connectivity index (χ0v) is 15.9. The summed E-state index contributed by atoms with van der Waals surface area (Å²) >= 11 is 0. The first-order chi connectivity index (χ1) is 7.33. The van der Waals surface area contributed by atoms with Gasteiger partial charge in [-0.25, -0.2) is 0 Å². The molecule has 0 saturated carbocycles. The zero-order valence-electron chi connectivity index (χ0n) is 11.9. The fourth-order valence-electron chi connectivity index (χ4n) is 1.37. The second-order valence-electron chi connectivity index (χ2n) is 4.76. The molecule has 0 aliphatic carbocycles. The first-order valence-electron chi connectivity index (χ1n) is 5.06. The Labute approximate surface area is 152 Å². The maximum atomic E-state index is 10.5. The molecule has 0 N–H and O–H groups in total. The summed E-state index contributed by atoms with van der Waals surface area (Å²) in [6.07, 6.45) is 0. The summed E-state index contributed by atoms with van der Waals surface area (Å²) in [7, 11) is 0. The summed E-state index contributed by atoms with van der Waals surface area (Å²) in [6, 6.07) is 7.03. The van der Waals surface area contributed by atoms with Crippen molar-refractivity contribution in [3.05, 3.63) is 35.4 Å². The average molecular weight is 270 g/mol. The second-order valence-corrected chi connectivity index (χ2v) is 4.76. The molecule has 0 saturated heterocycles.